The van der Waals surface area contributed by atoms with Gasteiger partial charge in [0, 0.05) is 24.6 Å². The summed E-state index contributed by atoms with van der Waals surface area (Å²) in [6.45, 7) is 2.48. The van der Waals surface area contributed by atoms with Gasteiger partial charge in [-0.3, -0.25) is 19.7 Å². The van der Waals surface area contributed by atoms with E-state index in [1.54, 1.807) is 24.3 Å². The van der Waals surface area contributed by atoms with Crippen LogP contribution in [-0.2, 0) is 14.4 Å². The average molecular weight is 366 g/mol. The van der Waals surface area contributed by atoms with Crippen molar-refractivity contribution in [1.29, 1.82) is 0 Å². The number of nitrogens with two attached hydrogens (primary N) is 1. The van der Waals surface area contributed by atoms with E-state index < -0.39 is 11.4 Å². The summed E-state index contributed by atoms with van der Waals surface area (Å²) in [7, 11) is 0. The number of thioether (sulfide) groups is 1. The maximum absolute atomic E-state index is 12.0. The third-order valence-electron chi connectivity index (χ3n) is 3.39. The lowest BCUT2D eigenvalue weighted by Crippen LogP contribution is -2.55. The smallest absolute Gasteiger partial charge is 0.234 e. The van der Waals surface area contributed by atoms with Crippen LogP contribution in [0.5, 0.6) is 5.75 Å². The van der Waals surface area contributed by atoms with Crippen molar-refractivity contribution < 1.29 is 19.1 Å². The molecule has 3 amide bonds. The largest absolute Gasteiger partial charge is 0.494 e. The van der Waals surface area contributed by atoms with Crippen LogP contribution < -0.4 is 26.4 Å². The van der Waals surface area contributed by atoms with E-state index in [0.717, 1.165) is 5.75 Å². The second kappa shape index (κ2) is 9.28. The summed E-state index contributed by atoms with van der Waals surface area (Å²) < 4.78 is 5.34. The molecule has 2 unspecified atom stereocenters. The van der Waals surface area contributed by atoms with Crippen LogP contribution in [0.3, 0.4) is 0 Å². The number of benzene rings is 1. The first kappa shape index (κ1) is 19.1. The monoisotopic (exact) mass is 366 g/mol. The van der Waals surface area contributed by atoms with E-state index in [1.807, 2.05) is 6.92 Å². The summed E-state index contributed by atoms with van der Waals surface area (Å²) in [6.07, 6.45) is 0.279. The predicted molar refractivity (Wildman–Crippen MR) is 96.0 cm³/mol. The van der Waals surface area contributed by atoms with Crippen LogP contribution in [0.25, 0.3) is 0 Å². The molecule has 0 spiro atoms. The van der Waals surface area contributed by atoms with Crippen LogP contribution in [0.2, 0.25) is 0 Å². The molecule has 0 aliphatic carbocycles. The molecular formula is C16H22N4O4S. The number of nitrogens with one attached hydrogen (secondary N) is 3. The minimum absolute atomic E-state index is 0.0862. The Morgan fingerprint density at radius 1 is 1.36 bits per heavy atom. The first-order chi connectivity index (χ1) is 12.0. The van der Waals surface area contributed by atoms with Crippen LogP contribution in [0.4, 0.5) is 5.69 Å². The lowest BCUT2D eigenvalue weighted by atomic mass is 10.1. The summed E-state index contributed by atoms with van der Waals surface area (Å²) in [5.41, 5.74) is 5.40. The highest BCUT2D eigenvalue weighted by molar-refractivity contribution is 8.00. The highest BCUT2D eigenvalue weighted by atomic mass is 32.2. The lowest BCUT2D eigenvalue weighted by Gasteiger charge is -2.30. The van der Waals surface area contributed by atoms with Crippen molar-refractivity contribution >= 4 is 35.2 Å². The van der Waals surface area contributed by atoms with Crippen molar-refractivity contribution in [2.75, 3.05) is 17.7 Å². The SMILES string of the molecule is CCOc1ccc(NC(=O)CSC2NC(=O)CC(CC(N)=O)N2)cc1. The Balaban J connectivity index is 1.78. The predicted octanol–water partition coefficient (Wildman–Crippen LogP) is 0.394. The fourth-order valence-electron chi connectivity index (χ4n) is 2.36. The van der Waals surface area contributed by atoms with Crippen molar-refractivity contribution in [3.63, 3.8) is 0 Å². The fourth-order valence-corrected chi connectivity index (χ4v) is 3.26. The van der Waals surface area contributed by atoms with E-state index in [0.29, 0.717) is 12.3 Å². The number of amides is 3. The van der Waals surface area contributed by atoms with Gasteiger partial charge in [0.25, 0.3) is 0 Å². The molecule has 9 heteroatoms. The first-order valence-electron chi connectivity index (χ1n) is 7.94. The van der Waals surface area contributed by atoms with Crippen molar-refractivity contribution in [3.8, 4) is 5.75 Å². The summed E-state index contributed by atoms with van der Waals surface area (Å²) >= 11 is 1.24. The second-order valence-corrected chi connectivity index (χ2v) is 6.60. The molecule has 1 aromatic carbocycles. The Bertz CT molecular complexity index is 621. The maximum Gasteiger partial charge on any atom is 0.234 e. The summed E-state index contributed by atoms with van der Waals surface area (Å²) in [5, 5.41) is 8.59. The van der Waals surface area contributed by atoms with E-state index in [4.69, 9.17) is 10.5 Å². The Morgan fingerprint density at radius 2 is 2.08 bits per heavy atom. The molecule has 0 bridgehead atoms. The highest BCUT2D eigenvalue weighted by Gasteiger charge is 2.27. The third kappa shape index (κ3) is 6.63. The molecule has 1 saturated heterocycles. The summed E-state index contributed by atoms with van der Waals surface area (Å²) in [5.74, 6) is 0.0550. The van der Waals surface area contributed by atoms with Crippen LogP contribution in [0.1, 0.15) is 19.8 Å². The quantitative estimate of drug-likeness (QED) is 0.528. The third-order valence-corrected chi connectivity index (χ3v) is 4.40. The van der Waals surface area contributed by atoms with E-state index in [-0.39, 0.29) is 36.5 Å². The molecule has 136 valence electrons. The molecule has 8 nitrogen and oxygen atoms in total. The van der Waals surface area contributed by atoms with E-state index in [2.05, 4.69) is 16.0 Å². The van der Waals surface area contributed by atoms with Gasteiger partial charge in [-0.05, 0) is 31.2 Å². The first-order valence-corrected chi connectivity index (χ1v) is 8.99. The van der Waals surface area contributed by atoms with E-state index >= 15 is 0 Å². The van der Waals surface area contributed by atoms with Crippen molar-refractivity contribution in [3.05, 3.63) is 24.3 Å². The Morgan fingerprint density at radius 3 is 2.72 bits per heavy atom. The van der Waals surface area contributed by atoms with Crippen LogP contribution in [0.15, 0.2) is 24.3 Å². The number of hydrogen-bond donors (Lipinski definition) is 4. The van der Waals surface area contributed by atoms with E-state index in [1.165, 1.54) is 11.8 Å². The van der Waals surface area contributed by atoms with Gasteiger partial charge < -0.3 is 21.1 Å². The van der Waals surface area contributed by atoms with Crippen LogP contribution >= 0.6 is 11.8 Å². The lowest BCUT2D eigenvalue weighted by molar-refractivity contribution is -0.124. The van der Waals surface area contributed by atoms with Crippen LogP contribution in [0, 0.1) is 0 Å². The minimum atomic E-state index is -0.468. The molecule has 1 aliphatic rings. The summed E-state index contributed by atoms with van der Waals surface area (Å²) in [4.78, 5) is 34.7. The van der Waals surface area contributed by atoms with Gasteiger partial charge in [-0.15, -0.1) is 11.8 Å². The molecule has 2 atom stereocenters. The van der Waals surface area contributed by atoms with E-state index in [9.17, 15) is 14.4 Å². The molecular weight excluding hydrogens is 344 g/mol. The molecule has 1 aliphatic heterocycles. The zero-order valence-corrected chi connectivity index (χ0v) is 14.7. The van der Waals surface area contributed by atoms with Gasteiger partial charge in [-0.1, -0.05) is 0 Å². The normalized spacial score (nSPS) is 19.8. The number of carbonyl (C=O) groups is 3. The number of primary amides is 1. The van der Waals surface area contributed by atoms with Gasteiger partial charge in [-0.2, -0.15) is 0 Å². The molecule has 0 saturated carbocycles. The minimum Gasteiger partial charge on any atom is -0.494 e. The molecule has 0 aromatic heterocycles. The molecule has 25 heavy (non-hydrogen) atoms. The average Bonchev–Trinajstić information content (AvgIpc) is 2.54. The number of hydrogen-bond acceptors (Lipinski definition) is 6. The number of ether oxygens (including phenoxy) is 1. The highest BCUT2D eigenvalue weighted by Crippen LogP contribution is 2.17. The molecule has 1 fully saturated rings. The zero-order valence-electron chi connectivity index (χ0n) is 13.9. The Labute approximate surface area is 150 Å². The maximum atomic E-state index is 12.0. The van der Waals surface area contributed by atoms with Gasteiger partial charge in [-0.25, -0.2) is 0 Å². The Hall–Kier alpha value is -2.26. The number of rotatable bonds is 8. The molecule has 1 aromatic rings. The number of carbonyl (C=O) groups excluding carboxylic acids is 3. The van der Waals surface area contributed by atoms with Gasteiger partial charge in [0.15, 0.2) is 0 Å². The molecule has 0 radical (unpaired) electrons. The standard InChI is InChI=1S/C16H22N4O4S/c1-2-24-12-5-3-10(4-6-12)18-15(23)9-25-16-19-11(7-13(17)21)8-14(22)20-16/h3-6,11,16,19H,2,7-9H2,1H3,(H2,17,21)(H,18,23)(H,20,22). The fraction of sp³-hybridized carbons (Fsp3) is 0.438. The number of anilines is 1. The molecule has 5 N–H and O–H groups in total. The Kier molecular flexibility index (Phi) is 7.08. The van der Waals surface area contributed by atoms with Gasteiger partial charge in [0.05, 0.1) is 12.4 Å². The van der Waals surface area contributed by atoms with Gasteiger partial charge >= 0.3 is 0 Å². The second-order valence-electron chi connectivity index (χ2n) is 5.50. The van der Waals surface area contributed by atoms with Crippen molar-refractivity contribution in [2.24, 2.45) is 5.73 Å². The zero-order chi connectivity index (χ0) is 18.2. The topological polar surface area (TPSA) is 123 Å². The molecule has 2 rings (SSSR count). The summed E-state index contributed by atoms with van der Waals surface area (Å²) in [6, 6.07) is 6.78. The van der Waals surface area contributed by atoms with Gasteiger partial charge in [0.1, 0.15) is 11.2 Å². The van der Waals surface area contributed by atoms with Crippen LogP contribution in [-0.4, -0.2) is 41.6 Å². The van der Waals surface area contributed by atoms with Gasteiger partial charge in [0.2, 0.25) is 17.7 Å². The van der Waals surface area contributed by atoms with Crippen molar-refractivity contribution in [1.82, 2.24) is 10.6 Å². The van der Waals surface area contributed by atoms with Crippen molar-refractivity contribution in [2.45, 2.75) is 31.3 Å². The molecule has 1 heterocycles.